The molecule has 0 aliphatic rings. The van der Waals surface area contributed by atoms with E-state index in [-0.39, 0.29) is 5.69 Å². The lowest BCUT2D eigenvalue weighted by atomic mass is 10.2. The maximum absolute atomic E-state index is 10.9. The van der Waals surface area contributed by atoms with Crippen molar-refractivity contribution < 1.29 is 9.66 Å². The number of methoxy groups -OCH3 is 1. The van der Waals surface area contributed by atoms with Crippen LogP contribution in [-0.2, 0) is 6.54 Å². The molecule has 0 saturated heterocycles. The van der Waals surface area contributed by atoms with Crippen LogP contribution in [0.3, 0.4) is 0 Å². The summed E-state index contributed by atoms with van der Waals surface area (Å²) < 4.78 is 6.84. The van der Waals surface area contributed by atoms with Crippen molar-refractivity contribution in [3.05, 3.63) is 46.3 Å². The summed E-state index contributed by atoms with van der Waals surface area (Å²) in [6, 6.07) is 6.32. The van der Waals surface area contributed by atoms with Crippen LogP contribution in [0.4, 0.5) is 5.69 Å². The quantitative estimate of drug-likeness (QED) is 0.480. The maximum atomic E-state index is 10.9. The molecular formula is C14H18N4O3. The summed E-state index contributed by atoms with van der Waals surface area (Å²) in [5.74, 6) is 0.539. The first kappa shape index (κ1) is 15.0. The molecule has 1 aromatic carbocycles. The molecular weight excluding hydrogens is 272 g/mol. The Balaban J connectivity index is 2.27. The Morgan fingerprint density at radius 2 is 2.24 bits per heavy atom. The summed E-state index contributed by atoms with van der Waals surface area (Å²) in [5.41, 5.74) is 1.43. The summed E-state index contributed by atoms with van der Waals surface area (Å²) >= 11 is 0. The molecule has 0 unspecified atom stereocenters. The number of ether oxygens (including phenoxy) is 1. The van der Waals surface area contributed by atoms with Crippen molar-refractivity contribution in [3.63, 3.8) is 0 Å². The van der Waals surface area contributed by atoms with Gasteiger partial charge in [0, 0.05) is 24.9 Å². The molecule has 2 aromatic rings. The van der Waals surface area contributed by atoms with Crippen LogP contribution >= 0.6 is 0 Å². The Morgan fingerprint density at radius 1 is 1.43 bits per heavy atom. The van der Waals surface area contributed by atoms with Gasteiger partial charge in [-0.15, -0.1) is 0 Å². The van der Waals surface area contributed by atoms with Crippen LogP contribution in [0.2, 0.25) is 0 Å². The Morgan fingerprint density at radius 3 is 2.90 bits per heavy atom. The third kappa shape index (κ3) is 3.57. The van der Waals surface area contributed by atoms with Gasteiger partial charge in [0.1, 0.15) is 11.4 Å². The molecule has 21 heavy (non-hydrogen) atoms. The second kappa shape index (κ2) is 6.85. The van der Waals surface area contributed by atoms with Gasteiger partial charge in [-0.3, -0.25) is 10.1 Å². The van der Waals surface area contributed by atoms with E-state index in [1.165, 1.54) is 19.2 Å². The van der Waals surface area contributed by atoms with Gasteiger partial charge in [-0.2, -0.15) is 5.10 Å². The SMILES string of the molecule is CCCNCc1ccn(-c2cc([N+](=O)[O-])ccc2OC)n1. The Kier molecular flexibility index (Phi) is 4.89. The predicted octanol–water partition coefficient (Wildman–Crippen LogP) is 2.29. The van der Waals surface area contributed by atoms with Crippen LogP contribution in [0.5, 0.6) is 5.75 Å². The minimum atomic E-state index is -0.434. The monoisotopic (exact) mass is 290 g/mol. The Labute approximate surface area is 122 Å². The first-order chi connectivity index (χ1) is 10.2. The summed E-state index contributed by atoms with van der Waals surface area (Å²) in [5, 5.41) is 18.6. The van der Waals surface area contributed by atoms with Gasteiger partial charge in [-0.25, -0.2) is 4.68 Å². The first-order valence-corrected chi connectivity index (χ1v) is 6.73. The van der Waals surface area contributed by atoms with E-state index < -0.39 is 4.92 Å². The summed E-state index contributed by atoms with van der Waals surface area (Å²) in [7, 11) is 1.53. The topological polar surface area (TPSA) is 82.2 Å². The second-order valence-electron chi connectivity index (χ2n) is 4.54. The average Bonchev–Trinajstić information content (AvgIpc) is 2.95. The van der Waals surface area contributed by atoms with Crippen LogP contribution < -0.4 is 10.1 Å². The standard InChI is InChI=1S/C14H18N4O3/c1-3-7-15-10-11-6-8-17(16-11)13-9-12(18(19)20)4-5-14(13)21-2/h4-6,8-9,15H,3,7,10H2,1-2H3. The van der Waals surface area contributed by atoms with E-state index in [4.69, 9.17) is 4.74 Å². The molecule has 0 saturated carbocycles. The highest BCUT2D eigenvalue weighted by Gasteiger charge is 2.13. The van der Waals surface area contributed by atoms with E-state index in [1.54, 1.807) is 16.9 Å². The number of non-ortho nitro benzene ring substituents is 1. The van der Waals surface area contributed by atoms with Gasteiger partial charge in [0.15, 0.2) is 0 Å². The average molecular weight is 290 g/mol. The van der Waals surface area contributed by atoms with E-state index in [2.05, 4.69) is 17.3 Å². The maximum Gasteiger partial charge on any atom is 0.271 e. The zero-order valence-corrected chi connectivity index (χ0v) is 12.1. The zero-order chi connectivity index (χ0) is 15.2. The van der Waals surface area contributed by atoms with E-state index in [1.807, 2.05) is 6.07 Å². The molecule has 1 aromatic heterocycles. The van der Waals surface area contributed by atoms with Crippen molar-refractivity contribution >= 4 is 5.69 Å². The molecule has 0 fully saturated rings. The summed E-state index contributed by atoms with van der Waals surface area (Å²) in [6.45, 7) is 3.69. The fraction of sp³-hybridized carbons (Fsp3) is 0.357. The number of nitrogens with one attached hydrogen (secondary N) is 1. The largest absolute Gasteiger partial charge is 0.494 e. The number of nitro groups is 1. The number of aromatic nitrogens is 2. The van der Waals surface area contributed by atoms with E-state index in [0.29, 0.717) is 18.0 Å². The molecule has 0 radical (unpaired) electrons. The summed E-state index contributed by atoms with van der Waals surface area (Å²) in [6.07, 6.45) is 2.82. The third-order valence-electron chi connectivity index (χ3n) is 3.00. The molecule has 1 N–H and O–H groups in total. The van der Waals surface area contributed by atoms with Gasteiger partial charge in [0.2, 0.25) is 0 Å². The van der Waals surface area contributed by atoms with E-state index in [9.17, 15) is 10.1 Å². The molecule has 0 atom stereocenters. The molecule has 0 spiro atoms. The van der Waals surface area contributed by atoms with Gasteiger partial charge in [-0.1, -0.05) is 6.92 Å². The van der Waals surface area contributed by atoms with Crippen LogP contribution in [0, 0.1) is 10.1 Å². The number of nitrogens with zero attached hydrogens (tertiary/aromatic N) is 3. The van der Waals surface area contributed by atoms with Crippen molar-refractivity contribution in [1.29, 1.82) is 0 Å². The van der Waals surface area contributed by atoms with Crippen LogP contribution in [0.15, 0.2) is 30.5 Å². The van der Waals surface area contributed by atoms with Gasteiger partial charge < -0.3 is 10.1 Å². The van der Waals surface area contributed by atoms with E-state index >= 15 is 0 Å². The van der Waals surface area contributed by atoms with Crippen LogP contribution in [0.25, 0.3) is 5.69 Å². The van der Waals surface area contributed by atoms with E-state index in [0.717, 1.165) is 18.7 Å². The molecule has 0 aliphatic heterocycles. The lowest BCUT2D eigenvalue weighted by Gasteiger charge is -2.08. The van der Waals surface area contributed by atoms with Crippen molar-refractivity contribution in [3.8, 4) is 11.4 Å². The Bertz CT molecular complexity index is 624. The Hall–Kier alpha value is -2.41. The molecule has 0 bridgehead atoms. The van der Waals surface area contributed by atoms with Crippen molar-refractivity contribution in [1.82, 2.24) is 15.1 Å². The van der Waals surface area contributed by atoms with Gasteiger partial charge in [0.05, 0.1) is 17.7 Å². The minimum absolute atomic E-state index is 0.00644. The highest BCUT2D eigenvalue weighted by atomic mass is 16.6. The molecule has 1 heterocycles. The summed E-state index contributed by atoms with van der Waals surface area (Å²) in [4.78, 5) is 10.5. The fourth-order valence-electron chi connectivity index (χ4n) is 1.95. The lowest BCUT2D eigenvalue weighted by molar-refractivity contribution is -0.384. The molecule has 0 amide bonds. The van der Waals surface area contributed by atoms with Crippen molar-refractivity contribution in [2.45, 2.75) is 19.9 Å². The van der Waals surface area contributed by atoms with Gasteiger partial charge in [-0.05, 0) is 25.1 Å². The zero-order valence-electron chi connectivity index (χ0n) is 12.1. The van der Waals surface area contributed by atoms with Gasteiger partial charge >= 0.3 is 0 Å². The lowest BCUT2D eigenvalue weighted by Crippen LogP contribution is -2.14. The van der Waals surface area contributed by atoms with Crippen LogP contribution in [0.1, 0.15) is 19.0 Å². The number of nitro benzene ring substituents is 1. The normalized spacial score (nSPS) is 10.6. The predicted molar refractivity (Wildman–Crippen MR) is 78.8 cm³/mol. The molecule has 7 heteroatoms. The molecule has 112 valence electrons. The van der Waals surface area contributed by atoms with Crippen molar-refractivity contribution in [2.24, 2.45) is 0 Å². The smallest absolute Gasteiger partial charge is 0.271 e. The van der Waals surface area contributed by atoms with Crippen molar-refractivity contribution in [2.75, 3.05) is 13.7 Å². The minimum Gasteiger partial charge on any atom is -0.494 e. The third-order valence-corrected chi connectivity index (χ3v) is 3.00. The highest BCUT2D eigenvalue weighted by molar-refractivity contribution is 5.53. The van der Waals surface area contributed by atoms with Crippen LogP contribution in [-0.4, -0.2) is 28.4 Å². The number of hydrogen-bond acceptors (Lipinski definition) is 5. The number of hydrogen-bond donors (Lipinski definition) is 1. The molecule has 2 rings (SSSR count). The number of rotatable bonds is 7. The fourth-order valence-corrected chi connectivity index (χ4v) is 1.95. The second-order valence-corrected chi connectivity index (χ2v) is 4.54. The number of benzene rings is 1. The van der Waals surface area contributed by atoms with Gasteiger partial charge in [0.25, 0.3) is 5.69 Å². The molecule has 0 aliphatic carbocycles. The highest BCUT2D eigenvalue weighted by Crippen LogP contribution is 2.27. The molecule has 7 nitrogen and oxygen atoms in total. The first-order valence-electron chi connectivity index (χ1n) is 6.73.